The second-order valence-electron chi connectivity index (χ2n) is 13.0. The number of hydrogen-bond donors (Lipinski definition) is 4. The van der Waals surface area contributed by atoms with Gasteiger partial charge in [-0.1, -0.05) is 48.5 Å². The molecule has 294 valence electrons. The van der Waals surface area contributed by atoms with E-state index in [9.17, 15) is 29.1 Å². The molecule has 7 atom stereocenters. The van der Waals surface area contributed by atoms with E-state index in [1.807, 2.05) is 18.2 Å². The number of aromatic amines is 2. The molecule has 20 heteroatoms. The normalized spacial score (nSPS) is 22.6. The molecule has 1 unspecified atom stereocenters. The van der Waals surface area contributed by atoms with Gasteiger partial charge in [0.25, 0.3) is 11.1 Å². The van der Waals surface area contributed by atoms with Crippen LogP contribution in [0.4, 0.5) is 5.95 Å². The van der Waals surface area contributed by atoms with E-state index in [1.165, 1.54) is 28.8 Å². The van der Waals surface area contributed by atoms with Gasteiger partial charge in [-0.2, -0.15) is 4.98 Å². The highest BCUT2D eigenvalue weighted by Crippen LogP contribution is 2.46. The average Bonchev–Trinajstić information content (AvgIpc) is 3.92. The van der Waals surface area contributed by atoms with Crippen LogP contribution < -0.4 is 22.1 Å². The molecule has 3 aromatic heterocycles. The smallest absolute Gasteiger partial charge is 0.338 e. The first-order valence-corrected chi connectivity index (χ1v) is 18.6. The zero-order chi connectivity index (χ0) is 39.3. The number of H-pyrrole nitrogens is 2. The van der Waals surface area contributed by atoms with Gasteiger partial charge >= 0.3 is 20.3 Å². The number of amides is 1. The molecule has 0 bridgehead atoms. The summed E-state index contributed by atoms with van der Waals surface area (Å²) in [5, 5.41) is 12.8. The van der Waals surface area contributed by atoms with Crippen LogP contribution in [0.1, 0.15) is 46.8 Å². The standard InChI is InChI=1S/C36H38N7O12P/c1-20-16-42(36(49)41-32(20)46)28-14-23(54-34(48)22-11-7-4-8-12-22)26(53-28)18-51-56(50-2)55-24-15-29(52-25(24)17-44)43-19-37-30-31(43)39-35(40-33(30)47)38-27(45)13-21-9-5-3-6-10-21/h3-12,16,19,23-26,28-29,44H,13-15,17-18H2,1-2H3,(H,41,46,49)(H2,38,39,40,45,47)/t23-,24-,25+,26+,28+,29+,56?/m0/s1. The number of esters is 1. The fraction of sp³-hybridized carbons (Fsp3) is 0.361. The van der Waals surface area contributed by atoms with Gasteiger partial charge in [0.2, 0.25) is 11.9 Å². The number of ether oxygens (including phenoxy) is 3. The highest BCUT2D eigenvalue weighted by Gasteiger charge is 2.43. The Morgan fingerprint density at radius 3 is 2.38 bits per heavy atom. The molecule has 56 heavy (non-hydrogen) atoms. The quantitative estimate of drug-likeness (QED) is 0.0932. The van der Waals surface area contributed by atoms with Crippen molar-refractivity contribution >= 4 is 37.6 Å². The SMILES string of the molecule is COP(OC[C@H]1O[C@@H](n2cc(C)c(=O)[nH]c2=O)C[C@@H]1OC(=O)c1ccccc1)O[C@H]1C[C@H](n2cnc3c(=O)[nH]c(NC(=O)Cc4ccccc4)nc32)O[C@@H]1CO. The van der Waals surface area contributed by atoms with Gasteiger partial charge in [-0.3, -0.25) is 38.8 Å². The summed E-state index contributed by atoms with van der Waals surface area (Å²) in [5.41, 5.74) is -0.265. The van der Waals surface area contributed by atoms with Crippen LogP contribution in [0.15, 0.2) is 87.6 Å². The van der Waals surface area contributed by atoms with Crippen LogP contribution in [0.5, 0.6) is 0 Å². The summed E-state index contributed by atoms with van der Waals surface area (Å²) in [6, 6.07) is 17.5. The molecule has 5 heterocycles. The van der Waals surface area contributed by atoms with Crippen LogP contribution in [0.2, 0.25) is 0 Å². The molecule has 2 aromatic carbocycles. The van der Waals surface area contributed by atoms with Gasteiger partial charge in [0.1, 0.15) is 30.8 Å². The maximum Gasteiger partial charge on any atom is 0.338 e. The number of aliphatic hydroxyl groups excluding tert-OH is 1. The zero-order valence-electron chi connectivity index (χ0n) is 30.1. The molecule has 1 amide bonds. The maximum atomic E-state index is 13.0. The van der Waals surface area contributed by atoms with Crippen molar-refractivity contribution < 1.29 is 42.5 Å². The van der Waals surface area contributed by atoms with Crippen molar-refractivity contribution in [2.24, 2.45) is 0 Å². The Kier molecular flexibility index (Phi) is 11.9. The number of rotatable bonds is 14. The molecule has 7 rings (SSSR count). The highest BCUT2D eigenvalue weighted by atomic mass is 31.2. The Hall–Kier alpha value is -5.40. The molecule has 0 aliphatic carbocycles. The number of aryl methyl sites for hydroxylation is 1. The Morgan fingerprint density at radius 1 is 0.946 bits per heavy atom. The van der Waals surface area contributed by atoms with Crippen LogP contribution in [0.3, 0.4) is 0 Å². The van der Waals surface area contributed by atoms with Crippen molar-refractivity contribution in [3.8, 4) is 0 Å². The number of anilines is 1. The van der Waals surface area contributed by atoms with Crippen LogP contribution >= 0.6 is 8.60 Å². The summed E-state index contributed by atoms with van der Waals surface area (Å²) >= 11 is 0. The third-order valence-electron chi connectivity index (χ3n) is 9.19. The summed E-state index contributed by atoms with van der Waals surface area (Å²) in [5.74, 6) is -1.07. The molecule has 5 aromatic rings. The topological polar surface area (TPSA) is 240 Å². The number of aromatic nitrogens is 6. The summed E-state index contributed by atoms with van der Waals surface area (Å²) in [6.45, 7) is 0.916. The number of nitrogens with one attached hydrogen (secondary N) is 3. The van der Waals surface area contributed by atoms with E-state index < -0.39 is 74.9 Å². The van der Waals surface area contributed by atoms with E-state index in [0.29, 0.717) is 5.56 Å². The van der Waals surface area contributed by atoms with Gasteiger partial charge in [0.05, 0.1) is 37.6 Å². The lowest BCUT2D eigenvalue weighted by Gasteiger charge is -2.24. The predicted octanol–water partition coefficient (Wildman–Crippen LogP) is 2.23. The van der Waals surface area contributed by atoms with Gasteiger partial charge < -0.3 is 32.9 Å². The minimum atomic E-state index is -2.11. The van der Waals surface area contributed by atoms with E-state index in [1.54, 1.807) is 49.4 Å². The fourth-order valence-electron chi connectivity index (χ4n) is 6.40. The third-order valence-corrected chi connectivity index (χ3v) is 10.3. The Morgan fingerprint density at radius 2 is 1.64 bits per heavy atom. The number of hydrogen-bond acceptors (Lipinski definition) is 14. The summed E-state index contributed by atoms with van der Waals surface area (Å²) in [6.07, 6.45) is -2.04. The fourth-order valence-corrected chi connectivity index (χ4v) is 7.36. The second kappa shape index (κ2) is 17.2. The van der Waals surface area contributed by atoms with Crippen molar-refractivity contribution in [2.75, 3.05) is 25.6 Å². The molecular weight excluding hydrogens is 753 g/mol. The molecule has 0 spiro atoms. The molecular formula is C36H38N7O12P. The second-order valence-corrected chi connectivity index (χ2v) is 14.3. The molecule has 0 radical (unpaired) electrons. The number of carbonyl (C=O) groups is 2. The molecule has 2 aliphatic heterocycles. The largest absolute Gasteiger partial charge is 0.456 e. The predicted molar refractivity (Wildman–Crippen MR) is 198 cm³/mol. The van der Waals surface area contributed by atoms with Crippen LogP contribution in [0, 0.1) is 6.92 Å². The van der Waals surface area contributed by atoms with Crippen LogP contribution in [-0.2, 0) is 39.0 Å². The summed E-state index contributed by atoms with van der Waals surface area (Å²) < 4.78 is 38.5. The summed E-state index contributed by atoms with van der Waals surface area (Å²) in [4.78, 5) is 76.8. The van der Waals surface area contributed by atoms with Crippen LogP contribution in [0.25, 0.3) is 11.2 Å². The number of imidazole rings is 1. The zero-order valence-corrected chi connectivity index (χ0v) is 31.0. The monoisotopic (exact) mass is 791 g/mol. The molecule has 19 nitrogen and oxygen atoms in total. The number of nitrogens with zero attached hydrogens (tertiary/aromatic N) is 4. The minimum Gasteiger partial charge on any atom is -0.456 e. The average molecular weight is 792 g/mol. The van der Waals surface area contributed by atoms with Crippen LogP contribution in [-0.4, -0.2) is 90.8 Å². The highest BCUT2D eigenvalue weighted by molar-refractivity contribution is 7.41. The van der Waals surface area contributed by atoms with Crippen molar-refractivity contribution in [1.82, 2.24) is 29.1 Å². The Balaban J connectivity index is 1.03. The van der Waals surface area contributed by atoms with E-state index in [-0.39, 0.29) is 54.5 Å². The number of carbonyl (C=O) groups excluding carboxylic acids is 2. The van der Waals surface area contributed by atoms with E-state index in [4.69, 9.17) is 27.8 Å². The molecule has 2 saturated heterocycles. The summed E-state index contributed by atoms with van der Waals surface area (Å²) in [7, 11) is -0.740. The van der Waals surface area contributed by atoms with Crippen molar-refractivity contribution in [1.29, 1.82) is 0 Å². The van der Waals surface area contributed by atoms with Crippen molar-refractivity contribution in [3.63, 3.8) is 0 Å². The van der Waals surface area contributed by atoms with Gasteiger partial charge in [-0.25, -0.2) is 14.6 Å². The number of benzene rings is 2. The van der Waals surface area contributed by atoms with Crippen molar-refractivity contribution in [2.45, 2.75) is 63.1 Å². The van der Waals surface area contributed by atoms with Gasteiger partial charge in [-0.15, -0.1) is 0 Å². The van der Waals surface area contributed by atoms with Gasteiger partial charge in [0.15, 0.2) is 11.2 Å². The lowest BCUT2D eigenvalue weighted by Crippen LogP contribution is -2.33. The number of fused-ring (bicyclic) bond motifs is 1. The maximum absolute atomic E-state index is 13.0. The molecule has 0 saturated carbocycles. The first-order valence-electron chi connectivity index (χ1n) is 17.5. The van der Waals surface area contributed by atoms with Gasteiger partial charge in [-0.05, 0) is 24.6 Å². The first-order chi connectivity index (χ1) is 27.1. The molecule has 2 aliphatic rings. The third kappa shape index (κ3) is 8.69. The van der Waals surface area contributed by atoms with E-state index >= 15 is 0 Å². The first kappa shape index (κ1) is 38.9. The van der Waals surface area contributed by atoms with Gasteiger partial charge in [0, 0.05) is 31.7 Å². The lowest BCUT2D eigenvalue weighted by molar-refractivity contribution is -0.115. The lowest BCUT2D eigenvalue weighted by atomic mass is 10.1. The Bertz CT molecular complexity index is 2350. The number of aliphatic hydroxyl groups is 1. The van der Waals surface area contributed by atoms with E-state index in [2.05, 4.69) is 25.3 Å². The minimum absolute atomic E-state index is 0.0127. The Labute approximate surface area is 318 Å². The van der Waals surface area contributed by atoms with Crippen molar-refractivity contribution in [3.05, 3.63) is 121 Å². The molecule has 2 fully saturated rings. The molecule has 4 N–H and O–H groups in total. The van der Waals surface area contributed by atoms with E-state index in [0.717, 1.165) is 5.56 Å².